The highest BCUT2D eigenvalue weighted by Gasteiger charge is 2.35. The normalized spacial score (nSPS) is 16.8. The molecule has 0 aromatic heterocycles. The fraction of sp³-hybridized carbons (Fsp3) is 0.548. The predicted octanol–water partition coefficient (Wildman–Crippen LogP) is 4.63. The summed E-state index contributed by atoms with van der Waals surface area (Å²) >= 11 is 0. The van der Waals surface area contributed by atoms with E-state index in [4.69, 9.17) is 0 Å². The van der Waals surface area contributed by atoms with Crippen molar-refractivity contribution in [1.29, 1.82) is 0 Å². The van der Waals surface area contributed by atoms with Crippen LogP contribution in [0.3, 0.4) is 0 Å². The van der Waals surface area contributed by atoms with Crippen molar-refractivity contribution in [3.8, 4) is 0 Å². The topological polar surface area (TPSA) is 90.5 Å². The second-order valence-electron chi connectivity index (χ2n) is 11.8. The van der Waals surface area contributed by atoms with Crippen LogP contribution in [0.15, 0.2) is 42.5 Å². The molecule has 2 aromatic carbocycles. The van der Waals surface area contributed by atoms with Crippen LogP contribution in [0.1, 0.15) is 82.9 Å². The van der Waals surface area contributed by atoms with Crippen LogP contribution in [0.5, 0.6) is 0 Å². The Morgan fingerprint density at radius 3 is 2.31 bits per heavy atom. The fourth-order valence-electron chi connectivity index (χ4n) is 5.35. The third kappa shape index (κ3) is 9.11. The number of amides is 2. The van der Waals surface area contributed by atoms with E-state index in [1.807, 2.05) is 0 Å². The maximum absolute atomic E-state index is 13.9. The molecule has 1 saturated carbocycles. The van der Waals surface area contributed by atoms with E-state index in [9.17, 15) is 23.5 Å². The Morgan fingerprint density at radius 2 is 1.69 bits per heavy atom. The molecule has 0 bridgehead atoms. The van der Waals surface area contributed by atoms with Crippen LogP contribution in [-0.4, -0.2) is 42.2 Å². The largest absolute Gasteiger partial charge is 0.390 e. The fourth-order valence-corrected chi connectivity index (χ4v) is 5.35. The minimum Gasteiger partial charge on any atom is -0.390 e. The number of aliphatic hydroxyl groups is 1. The molecule has 0 aliphatic heterocycles. The first-order chi connectivity index (χ1) is 18.4. The van der Waals surface area contributed by atoms with Gasteiger partial charge in [-0.05, 0) is 53.5 Å². The van der Waals surface area contributed by atoms with Gasteiger partial charge in [0.05, 0.1) is 12.1 Å². The zero-order chi connectivity index (χ0) is 28.6. The van der Waals surface area contributed by atoms with E-state index >= 15 is 0 Å². The van der Waals surface area contributed by atoms with Crippen LogP contribution in [0, 0.1) is 11.6 Å². The standard InChI is InChI=1S/C31H43F2N3O3/c1-21(37)34-14-11-29(39)36-27(17-22-15-25(32)19-26(33)16-22)28(38)20-35-31(12-6-5-7-13-31)24-10-8-9-23(18-24)30(2,3)4/h8-10,15-16,18-19,27-28,35,38H,5-7,11-14,17,20H2,1-4H3,(H,34,37)(H,36,39). The molecular weight excluding hydrogens is 500 g/mol. The van der Waals surface area contributed by atoms with Gasteiger partial charge in [-0.25, -0.2) is 8.78 Å². The van der Waals surface area contributed by atoms with E-state index in [1.54, 1.807) is 0 Å². The third-order valence-corrected chi connectivity index (χ3v) is 7.55. The van der Waals surface area contributed by atoms with Crippen molar-refractivity contribution in [1.82, 2.24) is 16.0 Å². The molecule has 2 unspecified atom stereocenters. The van der Waals surface area contributed by atoms with Crippen LogP contribution in [0.25, 0.3) is 0 Å². The highest BCUT2D eigenvalue weighted by molar-refractivity contribution is 5.78. The lowest BCUT2D eigenvalue weighted by Gasteiger charge is -2.41. The summed E-state index contributed by atoms with van der Waals surface area (Å²) in [6.07, 6.45) is 4.19. The predicted molar refractivity (Wildman–Crippen MR) is 149 cm³/mol. The molecular formula is C31H43F2N3O3. The number of halogens is 2. The lowest BCUT2D eigenvalue weighted by molar-refractivity contribution is -0.123. The first-order valence-electron chi connectivity index (χ1n) is 13.9. The molecule has 0 heterocycles. The molecule has 3 rings (SSSR count). The summed E-state index contributed by atoms with van der Waals surface area (Å²) < 4.78 is 27.8. The van der Waals surface area contributed by atoms with Crippen molar-refractivity contribution in [3.63, 3.8) is 0 Å². The van der Waals surface area contributed by atoms with Crippen molar-refractivity contribution >= 4 is 11.8 Å². The van der Waals surface area contributed by atoms with Crippen molar-refractivity contribution < 1.29 is 23.5 Å². The van der Waals surface area contributed by atoms with Gasteiger partial charge in [0.2, 0.25) is 11.8 Å². The molecule has 2 amide bonds. The molecule has 0 radical (unpaired) electrons. The second kappa shape index (κ2) is 13.5. The van der Waals surface area contributed by atoms with Gasteiger partial charge in [0.25, 0.3) is 0 Å². The number of carbonyl (C=O) groups is 2. The summed E-state index contributed by atoms with van der Waals surface area (Å²) in [5.41, 5.74) is 2.45. The lowest BCUT2D eigenvalue weighted by atomic mass is 9.74. The van der Waals surface area contributed by atoms with Crippen LogP contribution >= 0.6 is 0 Å². The number of carbonyl (C=O) groups excluding carboxylic acids is 2. The lowest BCUT2D eigenvalue weighted by Crippen LogP contribution is -2.53. The van der Waals surface area contributed by atoms with E-state index in [1.165, 1.54) is 30.2 Å². The molecule has 1 fully saturated rings. The van der Waals surface area contributed by atoms with Gasteiger partial charge in [0.1, 0.15) is 11.6 Å². The van der Waals surface area contributed by atoms with Crippen LogP contribution in [0.2, 0.25) is 0 Å². The van der Waals surface area contributed by atoms with Crippen LogP contribution < -0.4 is 16.0 Å². The zero-order valence-corrected chi connectivity index (χ0v) is 23.6. The second-order valence-corrected chi connectivity index (χ2v) is 11.8. The van der Waals surface area contributed by atoms with E-state index in [0.717, 1.165) is 38.2 Å². The summed E-state index contributed by atoms with van der Waals surface area (Å²) in [6, 6.07) is 11.0. The van der Waals surface area contributed by atoms with Gasteiger partial charge in [0.15, 0.2) is 0 Å². The first-order valence-corrected chi connectivity index (χ1v) is 13.9. The summed E-state index contributed by atoms with van der Waals surface area (Å²) in [6.45, 7) is 8.27. The van der Waals surface area contributed by atoms with Gasteiger partial charge in [-0.15, -0.1) is 0 Å². The average molecular weight is 544 g/mol. The highest BCUT2D eigenvalue weighted by atomic mass is 19.1. The maximum atomic E-state index is 13.9. The van der Waals surface area contributed by atoms with E-state index in [0.29, 0.717) is 5.56 Å². The van der Waals surface area contributed by atoms with E-state index in [2.05, 4.69) is 61.0 Å². The van der Waals surface area contributed by atoms with Crippen molar-refractivity contribution in [2.45, 2.75) is 95.7 Å². The Balaban J connectivity index is 1.80. The molecule has 0 spiro atoms. The molecule has 2 atom stereocenters. The van der Waals surface area contributed by atoms with Crippen molar-refractivity contribution in [2.24, 2.45) is 0 Å². The minimum absolute atomic E-state index is 0.00175. The van der Waals surface area contributed by atoms with Gasteiger partial charge in [-0.1, -0.05) is 64.3 Å². The number of nitrogens with one attached hydrogen (secondary N) is 3. The van der Waals surface area contributed by atoms with Crippen molar-refractivity contribution in [3.05, 3.63) is 70.8 Å². The zero-order valence-electron chi connectivity index (χ0n) is 23.6. The summed E-state index contributed by atoms with van der Waals surface area (Å²) in [5.74, 6) is -2.04. The number of rotatable bonds is 11. The highest BCUT2D eigenvalue weighted by Crippen LogP contribution is 2.38. The van der Waals surface area contributed by atoms with Gasteiger partial charge < -0.3 is 21.1 Å². The van der Waals surface area contributed by atoms with Crippen LogP contribution in [0.4, 0.5) is 8.78 Å². The van der Waals surface area contributed by atoms with Gasteiger partial charge in [-0.3, -0.25) is 9.59 Å². The summed E-state index contributed by atoms with van der Waals surface area (Å²) in [4.78, 5) is 23.8. The number of hydrogen-bond acceptors (Lipinski definition) is 4. The summed E-state index contributed by atoms with van der Waals surface area (Å²) in [5, 5.41) is 20.4. The van der Waals surface area contributed by atoms with Gasteiger partial charge in [-0.2, -0.15) is 0 Å². The Bertz CT molecular complexity index is 1110. The average Bonchev–Trinajstić information content (AvgIpc) is 2.86. The smallest absolute Gasteiger partial charge is 0.222 e. The molecule has 214 valence electrons. The van der Waals surface area contributed by atoms with E-state index < -0.39 is 23.8 Å². The van der Waals surface area contributed by atoms with E-state index in [-0.39, 0.29) is 48.7 Å². The molecule has 39 heavy (non-hydrogen) atoms. The Morgan fingerprint density at radius 1 is 1.03 bits per heavy atom. The quantitative estimate of drug-likeness (QED) is 0.333. The third-order valence-electron chi connectivity index (χ3n) is 7.55. The number of benzene rings is 2. The molecule has 0 saturated heterocycles. The molecule has 1 aliphatic carbocycles. The Labute approximate surface area is 231 Å². The molecule has 4 N–H and O–H groups in total. The number of aliphatic hydroxyl groups excluding tert-OH is 1. The molecule has 6 nitrogen and oxygen atoms in total. The summed E-state index contributed by atoms with van der Waals surface area (Å²) in [7, 11) is 0. The molecule has 1 aliphatic rings. The van der Waals surface area contributed by atoms with Gasteiger partial charge in [0, 0.05) is 38.0 Å². The minimum atomic E-state index is -1.02. The SMILES string of the molecule is CC(=O)NCCC(=O)NC(Cc1cc(F)cc(F)c1)C(O)CNC1(c2cccc(C(C)(C)C)c2)CCCCC1. The van der Waals surface area contributed by atoms with Gasteiger partial charge >= 0.3 is 0 Å². The molecule has 8 heteroatoms. The van der Waals surface area contributed by atoms with Crippen LogP contribution in [-0.2, 0) is 27.0 Å². The monoisotopic (exact) mass is 543 g/mol. The first kappa shape index (κ1) is 30.7. The Hall–Kier alpha value is -2.84. The maximum Gasteiger partial charge on any atom is 0.222 e. The molecule has 2 aromatic rings. The van der Waals surface area contributed by atoms with Crippen molar-refractivity contribution in [2.75, 3.05) is 13.1 Å². The Kier molecular flexibility index (Phi) is 10.6. The number of hydrogen-bond donors (Lipinski definition) is 4.